The molecule has 0 unspecified atom stereocenters. The van der Waals surface area contributed by atoms with Crippen LogP contribution in [0.3, 0.4) is 0 Å². The van der Waals surface area contributed by atoms with Gasteiger partial charge in [0.15, 0.2) is 0 Å². The number of carbonyl (C=O) groups excluding carboxylic acids is 1. The minimum absolute atomic E-state index is 0.0803. The molecule has 0 bridgehead atoms. The summed E-state index contributed by atoms with van der Waals surface area (Å²) in [6.07, 6.45) is 7.39. The third-order valence-electron chi connectivity index (χ3n) is 4.76. The second-order valence-electron chi connectivity index (χ2n) is 6.46. The van der Waals surface area contributed by atoms with Gasteiger partial charge >= 0.3 is 12.0 Å². The van der Waals surface area contributed by atoms with Gasteiger partial charge in [-0.15, -0.1) is 0 Å². The Morgan fingerprint density at radius 3 is 1.75 bits per heavy atom. The molecule has 2 amide bonds. The minimum atomic E-state index is -0.704. The Labute approximate surface area is 120 Å². The summed E-state index contributed by atoms with van der Waals surface area (Å²) in [5, 5.41) is 15.0. The lowest BCUT2D eigenvalue weighted by Crippen LogP contribution is -2.48. The fourth-order valence-corrected chi connectivity index (χ4v) is 3.30. The van der Waals surface area contributed by atoms with E-state index in [9.17, 15) is 9.59 Å². The monoisotopic (exact) mass is 282 g/mol. The molecule has 0 aromatic heterocycles. The zero-order chi connectivity index (χ0) is 14.5. The highest BCUT2D eigenvalue weighted by molar-refractivity contribution is 5.74. The van der Waals surface area contributed by atoms with E-state index in [-0.39, 0.29) is 18.0 Å². The molecule has 0 spiro atoms. The lowest BCUT2D eigenvalue weighted by Gasteiger charge is -2.30. The molecule has 5 heteroatoms. The smallest absolute Gasteiger partial charge is 0.315 e. The average Bonchev–Trinajstić information content (AvgIpc) is 2.42. The number of carbonyl (C=O) groups is 2. The Morgan fingerprint density at radius 2 is 1.30 bits per heavy atom. The number of carboxylic acid groups (broad SMARTS) is 1. The maximum atomic E-state index is 11.9. The second kappa shape index (κ2) is 6.95. The van der Waals surface area contributed by atoms with E-state index in [1.165, 1.54) is 12.8 Å². The lowest BCUT2D eigenvalue weighted by molar-refractivity contribution is -0.142. The molecule has 2 saturated carbocycles. The number of amides is 2. The van der Waals surface area contributed by atoms with Gasteiger partial charge in [0.25, 0.3) is 0 Å². The first-order valence-electron chi connectivity index (χ1n) is 7.84. The fourth-order valence-electron chi connectivity index (χ4n) is 3.30. The summed E-state index contributed by atoms with van der Waals surface area (Å²) in [7, 11) is 0. The van der Waals surface area contributed by atoms with Crippen LogP contribution in [0.5, 0.6) is 0 Å². The van der Waals surface area contributed by atoms with Crippen molar-refractivity contribution in [1.29, 1.82) is 0 Å². The van der Waals surface area contributed by atoms with E-state index < -0.39 is 5.97 Å². The van der Waals surface area contributed by atoms with Crippen molar-refractivity contribution >= 4 is 12.0 Å². The van der Waals surface area contributed by atoms with Crippen LogP contribution in [0.15, 0.2) is 0 Å². The van der Waals surface area contributed by atoms with E-state index >= 15 is 0 Å². The molecule has 2 fully saturated rings. The van der Waals surface area contributed by atoms with Gasteiger partial charge in [-0.05, 0) is 57.3 Å². The van der Waals surface area contributed by atoms with Gasteiger partial charge in [-0.3, -0.25) is 4.79 Å². The van der Waals surface area contributed by atoms with Gasteiger partial charge in [0, 0.05) is 12.1 Å². The van der Waals surface area contributed by atoms with Crippen molar-refractivity contribution in [3.05, 3.63) is 0 Å². The molecule has 0 radical (unpaired) electrons. The predicted octanol–water partition coefficient (Wildman–Crippen LogP) is 2.51. The van der Waals surface area contributed by atoms with E-state index in [1.54, 1.807) is 0 Å². The topological polar surface area (TPSA) is 78.4 Å². The highest BCUT2D eigenvalue weighted by atomic mass is 16.4. The molecule has 114 valence electrons. The molecule has 0 heterocycles. The van der Waals surface area contributed by atoms with Crippen molar-refractivity contribution in [1.82, 2.24) is 10.6 Å². The van der Waals surface area contributed by atoms with Crippen LogP contribution in [0.2, 0.25) is 0 Å². The van der Waals surface area contributed by atoms with Crippen LogP contribution in [0.1, 0.15) is 58.3 Å². The zero-order valence-electron chi connectivity index (χ0n) is 12.2. The van der Waals surface area contributed by atoms with Gasteiger partial charge < -0.3 is 15.7 Å². The van der Waals surface area contributed by atoms with Gasteiger partial charge in [0.2, 0.25) is 0 Å². The summed E-state index contributed by atoms with van der Waals surface area (Å²) in [5.74, 6) is -0.150. The molecule has 20 heavy (non-hydrogen) atoms. The van der Waals surface area contributed by atoms with Crippen LogP contribution >= 0.6 is 0 Å². The van der Waals surface area contributed by atoms with E-state index in [2.05, 4.69) is 17.6 Å². The summed E-state index contributed by atoms with van der Waals surface area (Å²) >= 11 is 0. The first-order valence-corrected chi connectivity index (χ1v) is 7.84. The number of carboxylic acids is 1. The van der Waals surface area contributed by atoms with Crippen LogP contribution in [0.4, 0.5) is 4.79 Å². The highest BCUT2D eigenvalue weighted by Gasteiger charge is 2.27. The maximum Gasteiger partial charge on any atom is 0.315 e. The van der Waals surface area contributed by atoms with E-state index in [0.29, 0.717) is 18.9 Å². The van der Waals surface area contributed by atoms with Gasteiger partial charge in [0.1, 0.15) is 0 Å². The van der Waals surface area contributed by atoms with E-state index in [0.717, 1.165) is 31.6 Å². The largest absolute Gasteiger partial charge is 0.481 e. The molecule has 0 atom stereocenters. The fraction of sp³-hybridized carbons (Fsp3) is 0.867. The van der Waals surface area contributed by atoms with Crippen LogP contribution in [0, 0.1) is 11.8 Å². The normalized spacial score (nSPS) is 34.2. The molecule has 0 saturated heterocycles. The number of nitrogens with one attached hydrogen (secondary N) is 2. The molecule has 2 aliphatic rings. The average molecular weight is 282 g/mol. The third kappa shape index (κ3) is 4.39. The quantitative estimate of drug-likeness (QED) is 0.744. The Balaban J connectivity index is 1.66. The summed E-state index contributed by atoms with van der Waals surface area (Å²) in [5.41, 5.74) is 0. The first kappa shape index (κ1) is 15.1. The van der Waals surface area contributed by atoms with Crippen LogP contribution in [-0.2, 0) is 4.79 Å². The highest BCUT2D eigenvalue weighted by Crippen LogP contribution is 2.25. The molecule has 3 N–H and O–H groups in total. The zero-order valence-corrected chi connectivity index (χ0v) is 12.2. The molecule has 2 rings (SSSR count). The Hall–Kier alpha value is -1.26. The van der Waals surface area contributed by atoms with E-state index in [4.69, 9.17) is 5.11 Å². The number of urea groups is 1. The van der Waals surface area contributed by atoms with Crippen molar-refractivity contribution in [2.24, 2.45) is 11.8 Å². The number of rotatable bonds is 3. The standard InChI is InChI=1S/C15H26N2O3/c1-10-2-6-12(7-3-10)16-15(20)17-13-8-4-11(5-9-13)14(18)19/h10-13H,2-9H2,1H3,(H,18,19)(H2,16,17,20). The summed E-state index contributed by atoms with van der Waals surface area (Å²) < 4.78 is 0. The summed E-state index contributed by atoms with van der Waals surface area (Å²) in [6.45, 7) is 2.26. The first-order chi connectivity index (χ1) is 9.54. The molecule has 0 aliphatic heterocycles. The van der Waals surface area contributed by atoms with Crippen molar-refractivity contribution in [2.75, 3.05) is 0 Å². The lowest BCUT2D eigenvalue weighted by atomic mass is 9.86. The van der Waals surface area contributed by atoms with E-state index in [1.807, 2.05) is 0 Å². The van der Waals surface area contributed by atoms with Gasteiger partial charge in [0.05, 0.1) is 5.92 Å². The Morgan fingerprint density at radius 1 is 0.850 bits per heavy atom. The van der Waals surface area contributed by atoms with Crippen LogP contribution < -0.4 is 10.6 Å². The Bertz CT molecular complexity index is 343. The summed E-state index contributed by atoms with van der Waals surface area (Å²) in [6, 6.07) is 0.359. The number of aliphatic carboxylic acids is 1. The van der Waals surface area contributed by atoms with Crippen molar-refractivity contribution < 1.29 is 14.7 Å². The van der Waals surface area contributed by atoms with Gasteiger partial charge in [-0.2, -0.15) is 0 Å². The van der Waals surface area contributed by atoms with Crippen molar-refractivity contribution in [3.63, 3.8) is 0 Å². The van der Waals surface area contributed by atoms with Crippen LogP contribution in [-0.4, -0.2) is 29.2 Å². The molecule has 0 aromatic rings. The predicted molar refractivity (Wildman–Crippen MR) is 76.5 cm³/mol. The van der Waals surface area contributed by atoms with Crippen molar-refractivity contribution in [2.45, 2.75) is 70.4 Å². The SMILES string of the molecule is CC1CCC(NC(=O)NC2CCC(C(=O)O)CC2)CC1. The Kier molecular flexibility index (Phi) is 5.26. The van der Waals surface area contributed by atoms with Gasteiger partial charge in [-0.25, -0.2) is 4.79 Å². The molecular weight excluding hydrogens is 256 g/mol. The molecule has 5 nitrogen and oxygen atoms in total. The third-order valence-corrected chi connectivity index (χ3v) is 4.76. The van der Waals surface area contributed by atoms with Crippen molar-refractivity contribution in [3.8, 4) is 0 Å². The summed E-state index contributed by atoms with van der Waals surface area (Å²) in [4.78, 5) is 22.8. The van der Waals surface area contributed by atoms with Crippen LogP contribution in [0.25, 0.3) is 0 Å². The molecule has 2 aliphatic carbocycles. The molecule has 0 aromatic carbocycles. The molecular formula is C15H26N2O3. The number of hydrogen-bond donors (Lipinski definition) is 3. The number of hydrogen-bond acceptors (Lipinski definition) is 2. The minimum Gasteiger partial charge on any atom is -0.481 e. The maximum absolute atomic E-state index is 11.9. The van der Waals surface area contributed by atoms with Gasteiger partial charge in [-0.1, -0.05) is 6.92 Å². The second-order valence-corrected chi connectivity index (χ2v) is 6.46.